The van der Waals surface area contributed by atoms with Gasteiger partial charge < -0.3 is 10.2 Å². The standard InChI is InChI=1S/C8H9ClNO4P/c9-14-15(12,13)6-10-8(11)7-4-2-1-3-5-7/h1-5H,6H2,(H,10,11)(H,12,13). The smallest absolute Gasteiger partial charge is 0.340 e. The van der Waals surface area contributed by atoms with Gasteiger partial charge in [0, 0.05) is 5.56 Å². The van der Waals surface area contributed by atoms with E-state index in [9.17, 15) is 9.36 Å². The molecule has 0 aliphatic rings. The summed E-state index contributed by atoms with van der Waals surface area (Å²) in [6, 6.07) is 8.30. The summed E-state index contributed by atoms with van der Waals surface area (Å²) in [4.78, 5) is 20.3. The van der Waals surface area contributed by atoms with Crippen molar-refractivity contribution in [3.05, 3.63) is 35.9 Å². The molecule has 0 saturated carbocycles. The van der Waals surface area contributed by atoms with Crippen LogP contribution in [0.1, 0.15) is 10.4 Å². The molecule has 0 bridgehead atoms. The molecule has 0 aromatic heterocycles. The van der Waals surface area contributed by atoms with E-state index in [0.717, 1.165) is 0 Å². The number of halogens is 1. The minimum atomic E-state index is -3.91. The van der Waals surface area contributed by atoms with E-state index in [1.165, 1.54) is 0 Å². The van der Waals surface area contributed by atoms with Crippen molar-refractivity contribution >= 4 is 25.4 Å². The Balaban J connectivity index is 2.55. The fraction of sp³-hybridized carbons (Fsp3) is 0.125. The summed E-state index contributed by atoms with van der Waals surface area (Å²) in [5.74, 6) is -0.460. The lowest BCUT2D eigenvalue weighted by molar-refractivity contribution is 0.0957. The molecule has 0 radical (unpaired) electrons. The molecule has 1 atom stereocenters. The summed E-state index contributed by atoms with van der Waals surface area (Å²) in [6.45, 7) is 0. The average molecular weight is 250 g/mol. The van der Waals surface area contributed by atoms with Crippen molar-refractivity contribution in [3.63, 3.8) is 0 Å². The maximum Gasteiger partial charge on any atom is 0.363 e. The number of carbonyl (C=O) groups excluding carboxylic acids is 1. The molecule has 0 aliphatic carbocycles. The normalized spacial score (nSPS) is 14.3. The van der Waals surface area contributed by atoms with Gasteiger partial charge in [-0.25, -0.2) is 0 Å². The van der Waals surface area contributed by atoms with E-state index in [2.05, 4.69) is 9.39 Å². The summed E-state index contributed by atoms with van der Waals surface area (Å²) >= 11 is 4.76. The Morgan fingerprint density at radius 1 is 1.47 bits per heavy atom. The SMILES string of the molecule is O=C(NCP(=O)(O)OCl)c1ccccc1. The summed E-state index contributed by atoms with van der Waals surface area (Å²) in [6.07, 6.45) is -0.524. The van der Waals surface area contributed by atoms with Crippen LogP contribution in [0.25, 0.3) is 0 Å². The lowest BCUT2D eigenvalue weighted by Crippen LogP contribution is -2.24. The molecule has 0 heterocycles. The maximum absolute atomic E-state index is 11.4. The molecule has 1 aromatic carbocycles. The second-order valence-corrected chi connectivity index (χ2v) is 4.88. The molecular weight excluding hydrogens is 241 g/mol. The van der Waals surface area contributed by atoms with Crippen LogP contribution >= 0.6 is 19.5 Å². The van der Waals surface area contributed by atoms with E-state index < -0.39 is 19.8 Å². The summed E-state index contributed by atoms with van der Waals surface area (Å²) in [5.41, 5.74) is 0.395. The Labute approximate surface area is 91.7 Å². The first-order valence-corrected chi connectivity index (χ1v) is 6.08. The van der Waals surface area contributed by atoms with Gasteiger partial charge in [0.2, 0.25) is 0 Å². The molecule has 0 aliphatic heterocycles. The number of carbonyl (C=O) groups is 1. The van der Waals surface area contributed by atoms with Crippen molar-refractivity contribution in [1.29, 1.82) is 0 Å². The Bertz CT molecular complexity index is 383. The van der Waals surface area contributed by atoms with Crippen LogP contribution in [-0.4, -0.2) is 17.1 Å². The van der Waals surface area contributed by atoms with E-state index in [4.69, 9.17) is 16.8 Å². The van der Waals surface area contributed by atoms with Crippen LogP contribution in [0.5, 0.6) is 0 Å². The third kappa shape index (κ3) is 4.01. The maximum atomic E-state index is 11.4. The molecule has 1 unspecified atom stereocenters. The average Bonchev–Trinajstić information content (AvgIpc) is 2.27. The third-order valence-corrected chi connectivity index (χ3v) is 3.00. The molecule has 0 fully saturated rings. The Morgan fingerprint density at radius 3 is 2.60 bits per heavy atom. The lowest BCUT2D eigenvalue weighted by atomic mass is 10.2. The first kappa shape index (κ1) is 12.2. The molecular formula is C8H9ClNO4P. The molecule has 0 saturated heterocycles. The van der Waals surface area contributed by atoms with Gasteiger partial charge in [0.1, 0.15) is 6.29 Å². The topological polar surface area (TPSA) is 75.6 Å². The van der Waals surface area contributed by atoms with Gasteiger partial charge in [-0.2, -0.15) is 4.08 Å². The molecule has 5 nitrogen and oxygen atoms in total. The van der Waals surface area contributed by atoms with E-state index >= 15 is 0 Å². The van der Waals surface area contributed by atoms with Crippen LogP contribution in [0.3, 0.4) is 0 Å². The number of hydrogen-bond donors (Lipinski definition) is 2. The van der Waals surface area contributed by atoms with Crippen molar-refractivity contribution in [3.8, 4) is 0 Å². The van der Waals surface area contributed by atoms with Crippen molar-refractivity contribution in [2.45, 2.75) is 0 Å². The van der Waals surface area contributed by atoms with E-state index in [-0.39, 0.29) is 0 Å². The van der Waals surface area contributed by atoms with Gasteiger partial charge in [0.25, 0.3) is 5.91 Å². The predicted octanol–water partition coefficient (Wildman–Crippen LogP) is 1.73. The fourth-order valence-corrected chi connectivity index (χ4v) is 1.43. The molecule has 2 N–H and O–H groups in total. The lowest BCUT2D eigenvalue weighted by Gasteiger charge is -2.07. The number of nitrogens with one attached hydrogen (secondary N) is 1. The van der Waals surface area contributed by atoms with E-state index in [0.29, 0.717) is 5.56 Å². The molecule has 82 valence electrons. The number of rotatable bonds is 4. The van der Waals surface area contributed by atoms with Crippen LogP contribution in [-0.2, 0) is 8.64 Å². The zero-order valence-electron chi connectivity index (χ0n) is 7.59. The molecule has 7 heteroatoms. The van der Waals surface area contributed by atoms with Crippen molar-refractivity contribution < 1.29 is 18.3 Å². The number of amides is 1. The van der Waals surface area contributed by atoms with Gasteiger partial charge in [-0.1, -0.05) is 18.2 Å². The van der Waals surface area contributed by atoms with E-state index in [1.807, 2.05) is 0 Å². The van der Waals surface area contributed by atoms with Crippen LogP contribution in [0.15, 0.2) is 30.3 Å². The van der Waals surface area contributed by atoms with Crippen LogP contribution in [0.4, 0.5) is 0 Å². The zero-order valence-corrected chi connectivity index (χ0v) is 9.24. The largest absolute Gasteiger partial charge is 0.363 e. The highest BCUT2D eigenvalue weighted by molar-refractivity contribution is 7.53. The first-order valence-electron chi connectivity index (χ1n) is 4.00. The van der Waals surface area contributed by atoms with Gasteiger partial charge in [-0.15, -0.1) is 0 Å². The van der Waals surface area contributed by atoms with Crippen molar-refractivity contribution in [2.24, 2.45) is 0 Å². The Morgan fingerprint density at radius 2 is 2.07 bits per heavy atom. The summed E-state index contributed by atoms with van der Waals surface area (Å²) in [5, 5.41) is 2.23. The highest BCUT2D eigenvalue weighted by atomic mass is 35.5. The minimum Gasteiger partial charge on any atom is -0.340 e. The predicted molar refractivity (Wildman–Crippen MR) is 55.5 cm³/mol. The monoisotopic (exact) mass is 249 g/mol. The second-order valence-electron chi connectivity index (χ2n) is 2.74. The third-order valence-electron chi connectivity index (χ3n) is 1.58. The van der Waals surface area contributed by atoms with Crippen molar-refractivity contribution in [1.82, 2.24) is 5.32 Å². The van der Waals surface area contributed by atoms with Crippen LogP contribution < -0.4 is 5.32 Å². The highest BCUT2D eigenvalue weighted by Crippen LogP contribution is 2.41. The molecule has 1 amide bonds. The minimum absolute atomic E-state index is 0.395. The fourth-order valence-electron chi connectivity index (χ4n) is 0.888. The molecule has 15 heavy (non-hydrogen) atoms. The van der Waals surface area contributed by atoms with Gasteiger partial charge in [-0.3, -0.25) is 9.36 Å². The summed E-state index contributed by atoms with van der Waals surface area (Å²) in [7, 11) is -3.91. The Hall–Kier alpha value is -0.870. The molecule has 1 rings (SSSR count). The highest BCUT2D eigenvalue weighted by Gasteiger charge is 2.20. The van der Waals surface area contributed by atoms with Crippen molar-refractivity contribution in [2.75, 3.05) is 6.29 Å². The number of benzene rings is 1. The number of hydrogen-bond acceptors (Lipinski definition) is 3. The summed E-state index contributed by atoms with van der Waals surface area (Å²) < 4.78 is 14.7. The van der Waals surface area contributed by atoms with Gasteiger partial charge in [0.05, 0.1) is 11.9 Å². The van der Waals surface area contributed by atoms with Crippen LogP contribution in [0.2, 0.25) is 0 Å². The Kier molecular flexibility index (Phi) is 4.29. The second kappa shape index (κ2) is 5.28. The van der Waals surface area contributed by atoms with Crippen LogP contribution in [0, 0.1) is 0 Å². The first-order chi connectivity index (χ1) is 7.05. The zero-order chi connectivity index (χ0) is 11.3. The molecule has 1 aromatic rings. The molecule has 0 spiro atoms. The quantitative estimate of drug-likeness (QED) is 0.797. The van der Waals surface area contributed by atoms with Gasteiger partial charge in [0.15, 0.2) is 0 Å². The van der Waals surface area contributed by atoms with Gasteiger partial charge >= 0.3 is 7.60 Å². The van der Waals surface area contributed by atoms with E-state index in [1.54, 1.807) is 30.3 Å². The van der Waals surface area contributed by atoms with Gasteiger partial charge in [-0.05, 0) is 12.1 Å².